The molecule has 0 aromatic carbocycles. The van der Waals surface area contributed by atoms with Gasteiger partial charge in [0.1, 0.15) is 5.60 Å². The number of nitrogens with one attached hydrogen (secondary N) is 1. The van der Waals surface area contributed by atoms with Crippen LogP contribution in [0.5, 0.6) is 0 Å². The number of carbonyl (C=O) groups is 3. The van der Waals surface area contributed by atoms with Crippen molar-refractivity contribution >= 4 is 18.0 Å². The molecule has 0 radical (unpaired) electrons. The van der Waals surface area contributed by atoms with Gasteiger partial charge in [-0.05, 0) is 33.6 Å². The summed E-state index contributed by atoms with van der Waals surface area (Å²) in [6.07, 6.45) is -1.54. The fourth-order valence-corrected chi connectivity index (χ4v) is 5.07. The van der Waals surface area contributed by atoms with E-state index in [2.05, 4.69) is 5.32 Å². The Morgan fingerprint density at radius 2 is 1.72 bits per heavy atom. The summed E-state index contributed by atoms with van der Waals surface area (Å²) in [7, 11) is 0. The minimum absolute atomic E-state index is 0.213. The minimum atomic E-state index is -1.88. The zero-order chi connectivity index (χ0) is 19.4. The quantitative estimate of drug-likeness (QED) is 0.585. The van der Waals surface area contributed by atoms with E-state index in [9.17, 15) is 29.7 Å². The number of alkyl carbamates (subject to hydrolysis) is 1. The van der Waals surface area contributed by atoms with E-state index < -0.39 is 58.4 Å². The SMILES string of the molecule is CCC1C(O)C2C(C(=O)O)C2(CC)C1(NC(=O)OC(C)(C)C)C(=O)O. The number of hydrogen-bond acceptors (Lipinski definition) is 5. The summed E-state index contributed by atoms with van der Waals surface area (Å²) in [5.41, 5.74) is -3.95. The molecular formula is C17H27NO7. The molecule has 0 saturated heterocycles. The molecule has 2 saturated carbocycles. The molecule has 2 aliphatic rings. The molecule has 2 aliphatic carbocycles. The van der Waals surface area contributed by atoms with Crippen molar-refractivity contribution in [3.8, 4) is 0 Å². The maximum Gasteiger partial charge on any atom is 0.408 e. The van der Waals surface area contributed by atoms with Crippen molar-refractivity contribution in [1.29, 1.82) is 0 Å². The number of fused-ring (bicyclic) bond motifs is 1. The smallest absolute Gasteiger partial charge is 0.408 e. The van der Waals surface area contributed by atoms with Gasteiger partial charge >= 0.3 is 18.0 Å². The predicted octanol–water partition coefficient (Wildman–Crippen LogP) is 1.46. The Morgan fingerprint density at radius 3 is 2.08 bits per heavy atom. The van der Waals surface area contributed by atoms with Crippen molar-refractivity contribution in [2.45, 2.75) is 64.7 Å². The van der Waals surface area contributed by atoms with Crippen LogP contribution in [0.4, 0.5) is 4.79 Å². The molecule has 4 N–H and O–H groups in total. The number of aliphatic hydroxyl groups excluding tert-OH is 1. The monoisotopic (exact) mass is 357 g/mol. The highest BCUT2D eigenvalue weighted by atomic mass is 16.6. The lowest BCUT2D eigenvalue weighted by Crippen LogP contribution is -2.65. The molecule has 1 amide bonds. The molecule has 2 fully saturated rings. The Labute approximate surface area is 146 Å². The largest absolute Gasteiger partial charge is 0.481 e. The number of hydrogen-bond donors (Lipinski definition) is 4. The van der Waals surface area contributed by atoms with Gasteiger partial charge in [0, 0.05) is 17.3 Å². The Morgan fingerprint density at radius 1 is 1.16 bits per heavy atom. The van der Waals surface area contributed by atoms with Crippen molar-refractivity contribution in [2.75, 3.05) is 0 Å². The first-order valence-electron chi connectivity index (χ1n) is 8.56. The minimum Gasteiger partial charge on any atom is -0.481 e. The van der Waals surface area contributed by atoms with E-state index in [1.807, 2.05) is 0 Å². The van der Waals surface area contributed by atoms with E-state index in [-0.39, 0.29) is 12.8 Å². The summed E-state index contributed by atoms with van der Waals surface area (Å²) >= 11 is 0. The molecule has 0 heterocycles. The highest BCUT2D eigenvalue weighted by Crippen LogP contribution is 2.76. The molecule has 0 aliphatic heterocycles. The van der Waals surface area contributed by atoms with Gasteiger partial charge in [-0.25, -0.2) is 9.59 Å². The maximum absolute atomic E-state index is 12.4. The van der Waals surface area contributed by atoms with Crippen molar-refractivity contribution in [1.82, 2.24) is 5.32 Å². The molecular weight excluding hydrogens is 330 g/mol. The highest BCUT2D eigenvalue weighted by Gasteiger charge is 2.87. The first-order valence-corrected chi connectivity index (χ1v) is 8.56. The van der Waals surface area contributed by atoms with E-state index in [0.29, 0.717) is 0 Å². The third-order valence-corrected chi connectivity index (χ3v) is 5.80. The lowest BCUT2D eigenvalue weighted by molar-refractivity contribution is -0.155. The molecule has 142 valence electrons. The van der Waals surface area contributed by atoms with Crippen LogP contribution in [0.15, 0.2) is 0 Å². The number of amides is 1. The number of ether oxygens (including phenoxy) is 1. The molecule has 2 rings (SSSR count). The second kappa shape index (κ2) is 5.86. The molecule has 0 aromatic heterocycles. The summed E-state index contributed by atoms with van der Waals surface area (Å²) in [4.78, 5) is 36.4. The second-order valence-electron chi connectivity index (χ2n) is 7.98. The first-order chi connectivity index (χ1) is 11.4. The molecule has 0 spiro atoms. The highest BCUT2D eigenvalue weighted by molar-refractivity contribution is 5.91. The van der Waals surface area contributed by atoms with E-state index in [1.165, 1.54) is 0 Å². The van der Waals surface area contributed by atoms with Gasteiger partial charge in [0.05, 0.1) is 12.0 Å². The lowest BCUT2D eigenvalue weighted by atomic mass is 9.70. The van der Waals surface area contributed by atoms with Crippen LogP contribution in [0.1, 0.15) is 47.5 Å². The predicted molar refractivity (Wildman–Crippen MR) is 86.9 cm³/mol. The van der Waals surface area contributed by atoms with Gasteiger partial charge in [0.2, 0.25) is 0 Å². The summed E-state index contributed by atoms with van der Waals surface area (Å²) < 4.78 is 5.21. The fourth-order valence-electron chi connectivity index (χ4n) is 5.07. The van der Waals surface area contributed by atoms with Crippen LogP contribution < -0.4 is 5.32 Å². The fraction of sp³-hybridized carbons (Fsp3) is 0.824. The lowest BCUT2D eigenvalue weighted by Gasteiger charge is -2.41. The first kappa shape index (κ1) is 19.5. The Balaban J connectivity index is 2.53. The van der Waals surface area contributed by atoms with Gasteiger partial charge in [-0.2, -0.15) is 0 Å². The van der Waals surface area contributed by atoms with Crippen molar-refractivity contribution in [3.05, 3.63) is 0 Å². The van der Waals surface area contributed by atoms with Crippen LogP contribution in [-0.4, -0.2) is 50.6 Å². The van der Waals surface area contributed by atoms with Gasteiger partial charge in [0.15, 0.2) is 5.54 Å². The number of aliphatic carboxylic acids is 2. The Bertz CT molecular complexity index is 598. The van der Waals surface area contributed by atoms with Crippen LogP contribution in [0, 0.1) is 23.2 Å². The Kier molecular flexibility index (Phi) is 4.57. The molecule has 6 atom stereocenters. The summed E-state index contributed by atoms with van der Waals surface area (Å²) in [6, 6.07) is 0. The van der Waals surface area contributed by atoms with E-state index in [0.717, 1.165) is 0 Å². The van der Waals surface area contributed by atoms with E-state index in [4.69, 9.17) is 4.74 Å². The summed E-state index contributed by atoms with van der Waals surface area (Å²) in [5.74, 6) is -5.00. The number of rotatable bonds is 5. The van der Waals surface area contributed by atoms with E-state index >= 15 is 0 Å². The molecule has 6 unspecified atom stereocenters. The molecule has 25 heavy (non-hydrogen) atoms. The maximum atomic E-state index is 12.4. The topological polar surface area (TPSA) is 133 Å². The summed E-state index contributed by atoms with van der Waals surface area (Å²) in [5, 5.41) is 32.7. The van der Waals surface area contributed by atoms with Crippen molar-refractivity contribution < 1.29 is 34.4 Å². The normalized spacial score (nSPS) is 39.4. The molecule has 8 heteroatoms. The third kappa shape index (κ3) is 2.49. The van der Waals surface area contributed by atoms with Crippen LogP contribution in [0.3, 0.4) is 0 Å². The average Bonchev–Trinajstić information content (AvgIpc) is 3.09. The molecule has 0 bridgehead atoms. The zero-order valence-electron chi connectivity index (χ0n) is 15.2. The van der Waals surface area contributed by atoms with Crippen LogP contribution in [-0.2, 0) is 14.3 Å². The van der Waals surface area contributed by atoms with Crippen molar-refractivity contribution in [2.24, 2.45) is 23.2 Å². The standard InChI is InChI=1S/C17H27NO7/c1-6-8-11(19)9-10(12(20)21)16(9,7-2)17(8,13(22)23)18-14(24)25-15(3,4)5/h8-11,19H,6-7H2,1-5H3,(H,18,24)(H,20,21)(H,22,23). The van der Waals surface area contributed by atoms with Crippen LogP contribution in [0.25, 0.3) is 0 Å². The second-order valence-corrected chi connectivity index (χ2v) is 7.98. The van der Waals surface area contributed by atoms with Gasteiger partial charge in [-0.15, -0.1) is 0 Å². The number of carboxylic acid groups (broad SMARTS) is 2. The van der Waals surface area contributed by atoms with Gasteiger partial charge in [0.25, 0.3) is 0 Å². The van der Waals surface area contributed by atoms with Crippen molar-refractivity contribution in [3.63, 3.8) is 0 Å². The summed E-state index contributed by atoms with van der Waals surface area (Å²) in [6.45, 7) is 8.35. The third-order valence-electron chi connectivity index (χ3n) is 5.80. The number of aliphatic hydroxyl groups is 1. The van der Waals surface area contributed by atoms with Gasteiger partial charge in [-0.3, -0.25) is 4.79 Å². The average molecular weight is 357 g/mol. The van der Waals surface area contributed by atoms with Gasteiger partial charge in [-0.1, -0.05) is 13.8 Å². The zero-order valence-corrected chi connectivity index (χ0v) is 15.2. The van der Waals surface area contributed by atoms with Crippen LogP contribution in [0.2, 0.25) is 0 Å². The molecule has 8 nitrogen and oxygen atoms in total. The van der Waals surface area contributed by atoms with Gasteiger partial charge < -0.3 is 25.4 Å². The Hall–Kier alpha value is -1.83. The number of carboxylic acids is 2. The number of carbonyl (C=O) groups excluding carboxylic acids is 1. The van der Waals surface area contributed by atoms with Crippen LogP contribution >= 0.6 is 0 Å². The molecule has 0 aromatic rings. The van der Waals surface area contributed by atoms with E-state index in [1.54, 1.807) is 34.6 Å².